The minimum Gasteiger partial charge on any atom is -0.489 e. The third-order valence-corrected chi connectivity index (χ3v) is 5.41. The van der Waals surface area contributed by atoms with E-state index in [1.807, 2.05) is 32.0 Å². The van der Waals surface area contributed by atoms with E-state index < -0.39 is 0 Å². The van der Waals surface area contributed by atoms with Gasteiger partial charge in [0.15, 0.2) is 5.82 Å². The lowest BCUT2D eigenvalue weighted by molar-refractivity contribution is 0.242. The number of rotatable bonds is 7. The molecular formula is C21H24BClN2OS. The van der Waals surface area contributed by atoms with E-state index in [1.54, 1.807) is 0 Å². The molecule has 140 valence electrons. The number of ether oxygens (including phenoxy) is 1. The first-order valence-electron chi connectivity index (χ1n) is 9.44. The van der Waals surface area contributed by atoms with Gasteiger partial charge in [0.25, 0.3) is 0 Å². The summed E-state index contributed by atoms with van der Waals surface area (Å²) in [7, 11) is 2.21. The first-order chi connectivity index (χ1) is 13.0. The normalized spacial score (nSPS) is 11.1. The fourth-order valence-corrected chi connectivity index (χ4v) is 4.10. The first-order valence-corrected chi connectivity index (χ1v) is 10.6. The van der Waals surface area contributed by atoms with Crippen molar-refractivity contribution < 1.29 is 4.74 Å². The fraction of sp³-hybridized carbons (Fsp3) is 0.333. The second-order valence-electron chi connectivity index (χ2n) is 6.78. The van der Waals surface area contributed by atoms with Gasteiger partial charge in [-0.3, -0.25) is 0 Å². The van der Waals surface area contributed by atoms with E-state index in [4.69, 9.17) is 21.3 Å². The van der Waals surface area contributed by atoms with Crippen LogP contribution in [0.4, 0.5) is 0 Å². The fourth-order valence-electron chi connectivity index (χ4n) is 3.20. The van der Waals surface area contributed by atoms with Crippen molar-refractivity contribution in [1.29, 1.82) is 0 Å². The van der Waals surface area contributed by atoms with Crippen molar-refractivity contribution >= 4 is 31.0 Å². The second kappa shape index (κ2) is 8.90. The Bertz CT molecular complexity index is 926. The molecule has 0 unspecified atom stereocenters. The first kappa shape index (κ1) is 19.9. The molecule has 0 fully saturated rings. The SMILES string of the molecule is BCCc1cccc(-c2nsc(-c3ccc(OC(C)C)c(Cl)c3)n2)c1CC. The van der Waals surface area contributed by atoms with Gasteiger partial charge in [-0.15, -0.1) is 0 Å². The van der Waals surface area contributed by atoms with Gasteiger partial charge in [0, 0.05) is 11.1 Å². The molecule has 3 aromatic rings. The van der Waals surface area contributed by atoms with E-state index in [0.717, 1.165) is 41.1 Å². The topological polar surface area (TPSA) is 35.0 Å². The van der Waals surface area contributed by atoms with E-state index in [1.165, 1.54) is 22.7 Å². The predicted molar refractivity (Wildman–Crippen MR) is 118 cm³/mol. The monoisotopic (exact) mass is 398 g/mol. The number of halogens is 1. The molecule has 0 spiro atoms. The Balaban J connectivity index is 1.94. The van der Waals surface area contributed by atoms with E-state index >= 15 is 0 Å². The van der Waals surface area contributed by atoms with Crippen LogP contribution in [-0.4, -0.2) is 23.3 Å². The average molecular weight is 399 g/mol. The van der Waals surface area contributed by atoms with Crippen molar-refractivity contribution in [2.45, 2.75) is 46.0 Å². The van der Waals surface area contributed by atoms with Crippen molar-refractivity contribution in [3.05, 3.63) is 52.5 Å². The number of aromatic nitrogens is 2. The molecule has 0 bridgehead atoms. The molecule has 2 aromatic carbocycles. The molecule has 1 aromatic heterocycles. The zero-order chi connectivity index (χ0) is 19.4. The van der Waals surface area contributed by atoms with Gasteiger partial charge in [-0.25, -0.2) is 4.98 Å². The van der Waals surface area contributed by atoms with Gasteiger partial charge in [-0.05, 0) is 67.5 Å². The molecule has 3 rings (SSSR count). The van der Waals surface area contributed by atoms with Crippen molar-refractivity contribution in [3.63, 3.8) is 0 Å². The van der Waals surface area contributed by atoms with E-state index in [0.29, 0.717) is 10.8 Å². The van der Waals surface area contributed by atoms with Crippen molar-refractivity contribution in [3.8, 4) is 27.7 Å². The zero-order valence-electron chi connectivity index (χ0n) is 16.3. The summed E-state index contributed by atoms with van der Waals surface area (Å²) in [6.07, 6.45) is 3.29. The minimum absolute atomic E-state index is 0.0874. The Hall–Kier alpha value is -1.85. The lowest BCUT2D eigenvalue weighted by atomic mass is 9.91. The van der Waals surface area contributed by atoms with Gasteiger partial charge in [-0.1, -0.05) is 43.0 Å². The Morgan fingerprint density at radius 3 is 2.70 bits per heavy atom. The summed E-state index contributed by atoms with van der Waals surface area (Å²) in [5.41, 5.74) is 4.84. The second-order valence-corrected chi connectivity index (χ2v) is 7.94. The van der Waals surface area contributed by atoms with E-state index in [2.05, 4.69) is 37.3 Å². The van der Waals surface area contributed by atoms with Gasteiger partial charge < -0.3 is 4.74 Å². The maximum absolute atomic E-state index is 6.38. The molecule has 0 amide bonds. The lowest BCUT2D eigenvalue weighted by Gasteiger charge is -2.11. The molecular weight excluding hydrogens is 375 g/mol. The molecule has 0 saturated carbocycles. The van der Waals surface area contributed by atoms with Gasteiger partial charge >= 0.3 is 0 Å². The Morgan fingerprint density at radius 1 is 1.22 bits per heavy atom. The van der Waals surface area contributed by atoms with Crippen LogP contribution in [0.1, 0.15) is 31.9 Å². The summed E-state index contributed by atoms with van der Waals surface area (Å²) < 4.78 is 10.3. The summed E-state index contributed by atoms with van der Waals surface area (Å²) in [6, 6.07) is 12.2. The highest BCUT2D eigenvalue weighted by molar-refractivity contribution is 7.09. The highest BCUT2D eigenvalue weighted by Crippen LogP contribution is 2.34. The molecule has 0 radical (unpaired) electrons. The Labute approximate surface area is 171 Å². The van der Waals surface area contributed by atoms with Crippen LogP contribution in [0.25, 0.3) is 22.0 Å². The minimum atomic E-state index is 0.0874. The third-order valence-electron chi connectivity index (χ3n) is 4.35. The Morgan fingerprint density at radius 2 is 2.04 bits per heavy atom. The molecule has 0 saturated heterocycles. The molecule has 0 aliphatic carbocycles. The molecule has 27 heavy (non-hydrogen) atoms. The van der Waals surface area contributed by atoms with Crippen LogP contribution in [0.3, 0.4) is 0 Å². The highest BCUT2D eigenvalue weighted by Gasteiger charge is 2.15. The van der Waals surface area contributed by atoms with Crippen LogP contribution in [-0.2, 0) is 12.8 Å². The summed E-state index contributed by atoms with van der Waals surface area (Å²) >= 11 is 7.79. The summed E-state index contributed by atoms with van der Waals surface area (Å²) in [5.74, 6) is 1.49. The van der Waals surface area contributed by atoms with Crippen molar-refractivity contribution in [1.82, 2.24) is 9.36 Å². The molecule has 0 atom stereocenters. The van der Waals surface area contributed by atoms with Gasteiger partial charge in [-0.2, -0.15) is 4.37 Å². The van der Waals surface area contributed by atoms with Crippen LogP contribution < -0.4 is 4.74 Å². The number of nitrogens with zero attached hydrogens (tertiary/aromatic N) is 2. The largest absolute Gasteiger partial charge is 0.489 e. The standard InChI is InChI=1S/C21H24BClN2OS/c1-4-16-14(10-11-22)6-5-7-17(16)20-24-21(27-25-20)15-8-9-19(18(23)12-15)26-13(2)3/h5-9,12-13H,4,10-11,22H2,1-3H3. The molecule has 3 nitrogen and oxygen atoms in total. The van der Waals surface area contributed by atoms with Crippen LogP contribution in [0, 0.1) is 0 Å². The van der Waals surface area contributed by atoms with Gasteiger partial charge in [0.2, 0.25) is 0 Å². The van der Waals surface area contributed by atoms with E-state index in [-0.39, 0.29) is 6.10 Å². The smallest absolute Gasteiger partial charge is 0.173 e. The van der Waals surface area contributed by atoms with Crippen molar-refractivity contribution in [2.75, 3.05) is 0 Å². The third kappa shape index (κ3) is 4.53. The van der Waals surface area contributed by atoms with Crippen LogP contribution in [0.15, 0.2) is 36.4 Å². The molecule has 0 aliphatic heterocycles. The van der Waals surface area contributed by atoms with Crippen LogP contribution >= 0.6 is 23.1 Å². The van der Waals surface area contributed by atoms with Gasteiger partial charge in [0.05, 0.1) is 11.1 Å². The summed E-state index contributed by atoms with van der Waals surface area (Å²) in [5, 5.41) is 1.46. The maximum Gasteiger partial charge on any atom is 0.173 e. The number of hydrogen-bond acceptors (Lipinski definition) is 4. The maximum atomic E-state index is 6.38. The predicted octanol–water partition coefficient (Wildman–Crippen LogP) is 5.47. The average Bonchev–Trinajstić information content (AvgIpc) is 3.13. The number of aryl methyl sites for hydroxylation is 1. The van der Waals surface area contributed by atoms with Crippen LogP contribution in [0.2, 0.25) is 11.3 Å². The quantitative estimate of drug-likeness (QED) is 0.495. The molecule has 1 heterocycles. The van der Waals surface area contributed by atoms with E-state index in [9.17, 15) is 0 Å². The van der Waals surface area contributed by atoms with Crippen molar-refractivity contribution in [2.24, 2.45) is 0 Å². The lowest BCUT2D eigenvalue weighted by Crippen LogP contribution is -2.05. The summed E-state index contributed by atoms with van der Waals surface area (Å²) in [4.78, 5) is 4.80. The Kier molecular flexibility index (Phi) is 6.56. The molecule has 0 N–H and O–H groups in total. The molecule has 6 heteroatoms. The summed E-state index contributed by atoms with van der Waals surface area (Å²) in [6.45, 7) is 6.16. The number of benzene rings is 2. The molecule has 0 aliphatic rings. The zero-order valence-corrected chi connectivity index (χ0v) is 17.8. The van der Waals surface area contributed by atoms with Gasteiger partial charge in [0.1, 0.15) is 18.6 Å². The number of hydrogen-bond donors (Lipinski definition) is 0. The highest BCUT2D eigenvalue weighted by atomic mass is 35.5. The van der Waals surface area contributed by atoms with Crippen LogP contribution in [0.5, 0.6) is 5.75 Å².